The van der Waals surface area contributed by atoms with Gasteiger partial charge in [0.1, 0.15) is 0 Å². The van der Waals surface area contributed by atoms with Crippen LogP contribution in [0.1, 0.15) is 29.2 Å². The van der Waals surface area contributed by atoms with Crippen LogP contribution in [0.25, 0.3) is 0 Å². The first-order valence-electron chi connectivity index (χ1n) is 5.73. The molecule has 0 radical (unpaired) electrons. The highest BCUT2D eigenvalue weighted by atomic mass is 32.1. The molecule has 17 heavy (non-hydrogen) atoms. The van der Waals surface area contributed by atoms with Crippen LogP contribution < -0.4 is 0 Å². The molecule has 0 aliphatic rings. The minimum Gasteiger partial charge on any atom is -0.144 e. The van der Waals surface area contributed by atoms with E-state index in [4.69, 9.17) is 0 Å². The zero-order chi connectivity index (χ0) is 12.3. The van der Waals surface area contributed by atoms with Crippen molar-refractivity contribution in [2.24, 2.45) is 0 Å². The molecule has 0 aliphatic heterocycles. The third-order valence-electron chi connectivity index (χ3n) is 2.65. The fourth-order valence-corrected chi connectivity index (χ4v) is 2.51. The quantitative estimate of drug-likeness (QED) is 0.649. The first-order valence-corrected chi connectivity index (χ1v) is 6.55. The van der Waals surface area contributed by atoms with Gasteiger partial charge in [0.05, 0.1) is 5.41 Å². The molecule has 0 spiro atoms. The van der Waals surface area contributed by atoms with Crippen molar-refractivity contribution in [2.45, 2.75) is 26.2 Å². The minimum absolute atomic E-state index is 0.0746. The minimum atomic E-state index is -0.0746. The lowest BCUT2D eigenvalue weighted by molar-refractivity contribution is 0.715. The summed E-state index contributed by atoms with van der Waals surface area (Å²) < 4.78 is 0. The molecule has 0 amide bonds. The number of aryl methyl sites for hydroxylation is 1. The van der Waals surface area contributed by atoms with Crippen molar-refractivity contribution in [1.29, 1.82) is 0 Å². The third-order valence-corrected chi connectivity index (χ3v) is 3.97. The standard InChI is InChI=1S/C16H16S/c1-13-9-10-15(17-13)16(2,3)12-11-14-7-5-4-6-8-14/h4-10H,1-3H3. The molecule has 2 aromatic rings. The maximum absolute atomic E-state index is 3.37. The van der Waals surface area contributed by atoms with Crippen LogP contribution in [0.2, 0.25) is 0 Å². The Morgan fingerprint density at radius 2 is 1.71 bits per heavy atom. The van der Waals surface area contributed by atoms with Gasteiger partial charge in [0.15, 0.2) is 0 Å². The lowest BCUT2D eigenvalue weighted by Crippen LogP contribution is -2.11. The first-order chi connectivity index (χ1) is 8.08. The number of rotatable bonds is 1. The van der Waals surface area contributed by atoms with Crippen LogP contribution in [0.3, 0.4) is 0 Å². The van der Waals surface area contributed by atoms with Gasteiger partial charge in [0.2, 0.25) is 0 Å². The van der Waals surface area contributed by atoms with E-state index in [0.717, 1.165) is 5.56 Å². The topological polar surface area (TPSA) is 0 Å². The average molecular weight is 240 g/mol. The molecule has 0 aliphatic carbocycles. The summed E-state index contributed by atoms with van der Waals surface area (Å²) in [4.78, 5) is 2.67. The number of thiophene rings is 1. The third kappa shape index (κ3) is 2.99. The predicted molar refractivity (Wildman–Crippen MR) is 75.4 cm³/mol. The Bertz CT molecular complexity index is 550. The second kappa shape index (κ2) is 4.77. The summed E-state index contributed by atoms with van der Waals surface area (Å²) in [6.07, 6.45) is 0. The lowest BCUT2D eigenvalue weighted by atomic mass is 9.92. The predicted octanol–water partition coefficient (Wildman–Crippen LogP) is 4.39. The Morgan fingerprint density at radius 1 is 1.00 bits per heavy atom. The van der Waals surface area contributed by atoms with E-state index >= 15 is 0 Å². The van der Waals surface area contributed by atoms with E-state index in [2.05, 4.69) is 44.7 Å². The SMILES string of the molecule is Cc1ccc(C(C)(C)C#Cc2ccccc2)s1. The molecule has 1 heterocycles. The molecule has 0 fully saturated rings. The summed E-state index contributed by atoms with van der Waals surface area (Å²) in [6.45, 7) is 6.48. The summed E-state index contributed by atoms with van der Waals surface area (Å²) in [7, 11) is 0. The molecule has 2 rings (SSSR count). The van der Waals surface area contributed by atoms with Crippen LogP contribution in [0.4, 0.5) is 0 Å². The largest absolute Gasteiger partial charge is 0.144 e. The molecule has 0 saturated carbocycles. The number of hydrogen-bond acceptors (Lipinski definition) is 1. The van der Waals surface area contributed by atoms with Gasteiger partial charge in [-0.05, 0) is 45.0 Å². The van der Waals surface area contributed by atoms with E-state index in [9.17, 15) is 0 Å². The molecule has 0 saturated heterocycles. The molecule has 0 atom stereocenters. The molecule has 86 valence electrons. The molecule has 1 heteroatoms. The van der Waals surface area contributed by atoms with E-state index in [1.807, 2.05) is 41.7 Å². The number of hydrogen-bond donors (Lipinski definition) is 0. The van der Waals surface area contributed by atoms with E-state index in [0.29, 0.717) is 0 Å². The van der Waals surface area contributed by atoms with E-state index in [1.54, 1.807) is 0 Å². The highest BCUT2D eigenvalue weighted by Crippen LogP contribution is 2.29. The highest BCUT2D eigenvalue weighted by molar-refractivity contribution is 7.12. The summed E-state index contributed by atoms with van der Waals surface area (Å²) >= 11 is 1.83. The highest BCUT2D eigenvalue weighted by Gasteiger charge is 2.19. The Labute approximate surface area is 107 Å². The van der Waals surface area contributed by atoms with E-state index in [1.165, 1.54) is 9.75 Å². The van der Waals surface area contributed by atoms with Crippen LogP contribution in [0.5, 0.6) is 0 Å². The van der Waals surface area contributed by atoms with Gasteiger partial charge in [-0.15, -0.1) is 11.3 Å². The Balaban J connectivity index is 2.26. The van der Waals surface area contributed by atoms with Gasteiger partial charge in [0, 0.05) is 15.3 Å². The van der Waals surface area contributed by atoms with Crippen LogP contribution >= 0.6 is 11.3 Å². The van der Waals surface area contributed by atoms with Gasteiger partial charge in [-0.3, -0.25) is 0 Å². The zero-order valence-electron chi connectivity index (χ0n) is 10.4. The van der Waals surface area contributed by atoms with Crippen molar-refractivity contribution >= 4 is 11.3 Å². The molecule has 0 N–H and O–H groups in total. The maximum atomic E-state index is 3.37. The van der Waals surface area contributed by atoms with Gasteiger partial charge in [-0.25, -0.2) is 0 Å². The van der Waals surface area contributed by atoms with Gasteiger partial charge in [0.25, 0.3) is 0 Å². The van der Waals surface area contributed by atoms with Crippen molar-refractivity contribution in [1.82, 2.24) is 0 Å². The second-order valence-corrected chi connectivity index (χ2v) is 5.94. The van der Waals surface area contributed by atoms with Gasteiger partial charge < -0.3 is 0 Å². The van der Waals surface area contributed by atoms with Crippen molar-refractivity contribution in [3.63, 3.8) is 0 Å². The lowest BCUT2D eigenvalue weighted by Gasteiger charge is -2.14. The smallest absolute Gasteiger partial charge is 0.0603 e. The van der Waals surface area contributed by atoms with Crippen molar-refractivity contribution in [3.8, 4) is 11.8 Å². The van der Waals surface area contributed by atoms with Crippen LogP contribution in [-0.2, 0) is 5.41 Å². The fourth-order valence-electron chi connectivity index (χ4n) is 1.58. The van der Waals surface area contributed by atoms with Gasteiger partial charge >= 0.3 is 0 Å². The summed E-state index contributed by atoms with van der Waals surface area (Å²) in [5.41, 5.74) is 1.00. The normalized spacial score (nSPS) is 10.8. The molecule has 1 aromatic carbocycles. The van der Waals surface area contributed by atoms with Crippen molar-refractivity contribution in [3.05, 3.63) is 57.8 Å². The molecule has 1 aromatic heterocycles. The second-order valence-electron chi connectivity index (χ2n) is 4.65. The fraction of sp³-hybridized carbons (Fsp3) is 0.250. The van der Waals surface area contributed by atoms with Crippen LogP contribution in [-0.4, -0.2) is 0 Å². The first kappa shape index (κ1) is 12.0. The average Bonchev–Trinajstić information content (AvgIpc) is 2.76. The van der Waals surface area contributed by atoms with Crippen molar-refractivity contribution in [2.75, 3.05) is 0 Å². The van der Waals surface area contributed by atoms with Gasteiger partial charge in [-0.1, -0.05) is 30.0 Å². The van der Waals surface area contributed by atoms with Crippen LogP contribution in [0, 0.1) is 18.8 Å². The zero-order valence-corrected chi connectivity index (χ0v) is 11.3. The Kier molecular flexibility index (Phi) is 3.36. The van der Waals surface area contributed by atoms with E-state index in [-0.39, 0.29) is 5.41 Å². The molecule has 0 unspecified atom stereocenters. The molecular formula is C16H16S. The molecule has 0 bridgehead atoms. The van der Waals surface area contributed by atoms with E-state index < -0.39 is 0 Å². The monoisotopic (exact) mass is 240 g/mol. The Morgan fingerprint density at radius 3 is 2.29 bits per heavy atom. The van der Waals surface area contributed by atoms with Crippen LogP contribution in [0.15, 0.2) is 42.5 Å². The Hall–Kier alpha value is -1.52. The van der Waals surface area contributed by atoms with Gasteiger partial charge in [-0.2, -0.15) is 0 Å². The van der Waals surface area contributed by atoms with Crippen molar-refractivity contribution < 1.29 is 0 Å². The number of benzene rings is 1. The summed E-state index contributed by atoms with van der Waals surface area (Å²) in [6, 6.07) is 14.5. The molecular weight excluding hydrogens is 224 g/mol. The maximum Gasteiger partial charge on any atom is 0.0603 e. The summed E-state index contributed by atoms with van der Waals surface area (Å²) in [5, 5.41) is 0. The summed E-state index contributed by atoms with van der Waals surface area (Å²) in [5.74, 6) is 6.61. The molecule has 0 nitrogen and oxygen atoms in total.